The van der Waals surface area contributed by atoms with Gasteiger partial charge < -0.3 is 0 Å². The Kier molecular flexibility index (Phi) is 7.44. The van der Waals surface area contributed by atoms with Gasteiger partial charge in [0, 0.05) is 11.5 Å². The van der Waals surface area contributed by atoms with Crippen LogP contribution in [0.3, 0.4) is 0 Å². The van der Waals surface area contributed by atoms with E-state index in [0.717, 1.165) is 23.5 Å². The summed E-state index contributed by atoms with van der Waals surface area (Å²) in [6.45, 7) is 0.325. The monoisotopic (exact) mass is 315 g/mol. The predicted octanol–water partition coefficient (Wildman–Crippen LogP) is 4.90. The maximum absolute atomic E-state index is 12.4. The first kappa shape index (κ1) is 17.0. The largest absolute Gasteiger partial charge is 0.297 e. The third kappa shape index (κ3) is 5.45. The fraction of sp³-hybridized carbons (Fsp3) is 0.474. The Hall–Kier alpha value is -1.35. The second-order valence-corrected chi connectivity index (χ2v) is 6.53. The van der Waals surface area contributed by atoms with Crippen LogP contribution in [0.15, 0.2) is 53.1 Å². The van der Waals surface area contributed by atoms with Crippen LogP contribution in [-0.2, 0) is 4.79 Å². The van der Waals surface area contributed by atoms with Crippen LogP contribution in [0.4, 0.5) is 0 Å². The first-order valence-corrected chi connectivity index (χ1v) is 9.37. The van der Waals surface area contributed by atoms with Crippen LogP contribution >= 0.6 is 11.8 Å². The van der Waals surface area contributed by atoms with Gasteiger partial charge in [-0.05, 0) is 19.1 Å². The molecular weight excluding hydrogens is 290 g/mol. The molecule has 0 amide bonds. The van der Waals surface area contributed by atoms with Crippen molar-refractivity contribution >= 4 is 22.6 Å². The lowest BCUT2D eigenvalue weighted by Crippen LogP contribution is -2.17. The minimum absolute atomic E-state index is 0.235. The minimum Gasteiger partial charge on any atom is -0.297 e. The van der Waals surface area contributed by atoms with Gasteiger partial charge in [0.1, 0.15) is 0 Å². The molecule has 0 aromatic carbocycles. The summed E-state index contributed by atoms with van der Waals surface area (Å²) in [6.07, 6.45) is 23.2. The van der Waals surface area contributed by atoms with E-state index in [2.05, 4.69) is 4.99 Å². The Morgan fingerprint density at radius 2 is 1.77 bits per heavy atom. The van der Waals surface area contributed by atoms with Crippen molar-refractivity contribution in [3.63, 3.8) is 0 Å². The van der Waals surface area contributed by atoms with Crippen LogP contribution < -0.4 is 0 Å². The molecule has 3 heteroatoms. The molecular formula is C19H25NOS. The number of hydrogen-bond acceptors (Lipinski definition) is 3. The average Bonchev–Trinajstić information content (AvgIpc) is 2.78. The number of carbonyl (C=O) groups excluding carboxylic acids is 1. The summed E-state index contributed by atoms with van der Waals surface area (Å²) in [6, 6.07) is 0. The number of aliphatic imine (C=N–C) groups is 1. The van der Waals surface area contributed by atoms with Gasteiger partial charge in [-0.2, -0.15) is 0 Å². The first-order chi connectivity index (χ1) is 10.8. The van der Waals surface area contributed by atoms with Gasteiger partial charge in [-0.15, -0.1) is 11.8 Å². The van der Waals surface area contributed by atoms with Gasteiger partial charge in [-0.1, -0.05) is 68.2 Å². The predicted molar refractivity (Wildman–Crippen MR) is 97.5 cm³/mol. The van der Waals surface area contributed by atoms with Crippen molar-refractivity contribution < 1.29 is 4.79 Å². The average molecular weight is 315 g/mol. The van der Waals surface area contributed by atoms with Crippen molar-refractivity contribution in [1.29, 1.82) is 0 Å². The molecule has 0 spiro atoms. The second-order valence-electron chi connectivity index (χ2n) is 5.73. The van der Waals surface area contributed by atoms with Crippen molar-refractivity contribution in [1.82, 2.24) is 0 Å². The summed E-state index contributed by atoms with van der Waals surface area (Å²) in [5, 5.41) is 0.943. The highest BCUT2D eigenvalue weighted by Crippen LogP contribution is 2.24. The van der Waals surface area contributed by atoms with E-state index in [1.165, 1.54) is 25.7 Å². The fourth-order valence-corrected chi connectivity index (χ4v) is 3.43. The molecule has 0 aliphatic heterocycles. The number of Topliss-reactive ketones (excluding diaryl/α,β-unsaturated/α-hetero) is 1. The molecule has 0 bridgehead atoms. The second kappa shape index (κ2) is 9.62. The number of nitrogens with zero attached hydrogens (tertiary/aromatic N) is 1. The van der Waals surface area contributed by atoms with E-state index >= 15 is 0 Å². The Labute approximate surface area is 138 Å². The first-order valence-electron chi connectivity index (χ1n) is 8.14. The molecule has 0 aromatic rings. The van der Waals surface area contributed by atoms with Gasteiger partial charge in [0.15, 0.2) is 5.78 Å². The van der Waals surface area contributed by atoms with E-state index in [9.17, 15) is 4.79 Å². The molecule has 1 saturated carbocycles. The van der Waals surface area contributed by atoms with Crippen LogP contribution in [-0.4, -0.2) is 23.6 Å². The summed E-state index contributed by atoms with van der Waals surface area (Å²) in [4.78, 5) is 17.0. The number of ketones is 1. The molecule has 2 rings (SSSR count). The lowest BCUT2D eigenvalue weighted by molar-refractivity contribution is -0.121. The fourth-order valence-electron chi connectivity index (χ4n) is 2.86. The summed E-state index contributed by atoms with van der Waals surface area (Å²) in [5.41, 5.74) is 1.07. The van der Waals surface area contributed by atoms with E-state index in [-0.39, 0.29) is 5.92 Å². The number of thioether (sulfide) groups is 1. The molecule has 0 N–H and O–H groups in total. The quantitative estimate of drug-likeness (QED) is 0.420. The van der Waals surface area contributed by atoms with Gasteiger partial charge in [0.05, 0.1) is 11.6 Å². The van der Waals surface area contributed by atoms with E-state index in [4.69, 9.17) is 0 Å². The zero-order valence-corrected chi connectivity index (χ0v) is 14.1. The molecule has 0 heterocycles. The Morgan fingerprint density at radius 1 is 1.09 bits per heavy atom. The highest BCUT2D eigenvalue weighted by Gasteiger charge is 2.19. The number of carbonyl (C=O) groups is 1. The molecule has 2 nitrogen and oxygen atoms in total. The summed E-state index contributed by atoms with van der Waals surface area (Å²) >= 11 is 1.61. The molecule has 0 radical (unpaired) electrons. The molecule has 118 valence electrons. The maximum atomic E-state index is 12.4. The van der Waals surface area contributed by atoms with Crippen LogP contribution in [0.1, 0.15) is 38.5 Å². The highest BCUT2D eigenvalue weighted by molar-refractivity contribution is 8.13. The standard InChI is InChI=1S/C19H25NOS/c1-22-19(17-13-9-3-2-4-10-14-17)20-15-18(21)16-11-7-5-6-8-12-16/h2-4,9-10,13-14,16H,5-8,11-12,15H2,1H3. The van der Waals surface area contributed by atoms with Crippen molar-refractivity contribution in [3.8, 4) is 0 Å². The molecule has 2 aliphatic rings. The van der Waals surface area contributed by atoms with E-state index in [0.29, 0.717) is 12.3 Å². The third-order valence-electron chi connectivity index (χ3n) is 4.13. The van der Waals surface area contributed by atoms with Gasteiger partial charge in [0.25, 0.3) is 0 Å². The normalized spacial score (nSPS) is 20.2. The molecule has 22 heavy (non-hydrogen) atoms. The van der Waals surface area contributed by atoms with Crippen molar-refractivity contribution in [2.75, 3.05) is 12.8 Å². The molecule has 0 unspecified atom stereocenters. The third-order valence-corrected chi connectivity index (χ3v) is 4.88. The molecule has 0 atom stereocenters. The number of hydrogen-bond donors (Lipinski definition) is 0. The van der Waals surface area contributed by atoms with Crippen LogP contribution in [0.2, 0.25) is 0 Å². The Bertz CT molecular complexity index is 518. The summed E-state index contributed by atoms with van der Waals surface area (Å²) in [7, 11) is 0. The molecule has 0 saturated heterocycles. The lowest BCUT2D eigenvalue weighted by atomic mass is 9.95. The van der Waals surface area contributed by atoms with Crippen LogP contribution in [0.5, 0.6) is 0 Å². The molecule has 0 aromatic heterocycles. The van der Waals surface area contributed by atoms with Gasteiger partial charge >= 0.3 is 0 Å². The number of rotatable bonds is 4. The Morgan fingerprint density at radius 3 is 2.50 bits per heavy atom. The zero-order valence-electron chi connectivity index (χ0n) is 13.3. The smallest absolute Gasteiger partial charge is 0.157 e. The summed E-state index contributed by atoms with van der Waals surface area (Å²) in [5.74, 6) is 0.554. The van der Waals surface area contributed by atoms with E-state index < -0.39 is 0 Å². The zero-order chi connectivity index (χ0) is 15.6. The van der Waals surface area contributed by atoms with Crippen molar-refractivity contribution in [2.45, 2.75) is 38.5 Å². The Balaban J connectivity index is 2.00. The molecule has 2 aliphatic carbocycles. The minimum atomic E-state index is 0.235. The van der Waals surface area contributed by atoms with Crippen LogP contribution in [0.25, 0.3) is 0 Å². The van der Waals surface area contributed by atoms with Crippen molar-refractivity contribution in [2.24, 2.45) is 10.9 Å². The van der Waals surface area contributed by atoms with Gasteiger partial charge in [-0.25, -0.2) is 0 Å². The summed E-state index contributed by atoms with van der Waals surface area (Å²) < 4.78 is 0. The van der Waals surface area contributed by atoms with E-state index in [1.54, 1.807) is 11.8 Å². The molecule has 1 fully saturated rings. The highest BCUT2D eigenvalue weighted by atomic mass is 32.2. The van der Waals surface area contributed by atoms with Crippen LogP contribution in [0, 0.1) is 5.92 Å². The van der Waals surface area contributed by atoms with Gasteiger partial charge in [-0.3, -0.25) is 9.79 Å². The lowest BCUT2D eigenvalue weighted by Gasteiger charge is -2.11. The maximum Gasteiger partial charge on any atom is 0.157 e. The SMILES string of the molecule is CSC(=NCC(=O)C1CCCCCC1)C1=CC=CC=CC=C1. The number of allylic oxidation sites excluding steroid dienone is 7. The van der Waals surface area contributed by atoms with Crippen molar-refractivity contribution in [3.05, 3.63) is 48.1 Å². The van der Waals surface area contributed by atoms with E-state index in [1.807, 2.05) is 48.8 Å². The topological polar surface area (TPSA) is 29.4 Å². The van der Waals surface area contributed by atoms with Gasteiger partial charge in [0.2, 0.25) is 0 Å².